The highest BCUT2D eigenvalue weighted by atomic mass is 32.2. The summed E-state index contributed by atoms with van der Waals surface area (Å²) in [5.74, 6) is 0. The molecule has 1 fully saturated rings. The molecule has 1 aliphatic heterocycles. The molecule has 1 atom stereocenters. The van der Waals surface area contributed by atoms with Crippen LogP contribution in [-0.4, -0.2) is 51.0 Å². The maximum Gasteiger partial charge on any atom is 0.304 e. The van der Waals surface area contributed by atoms with Crippen LogP contribution < -0.4 is 5.32 Å². The predicted molar refractivity (Wildman–Crippen MR) is 79.3 cm³/mol. The van der Waals surface area contributed by atoms with Gasteiger partial charge >= 0.3 is 5.69 Å². The standard InChI is InChI=1S/C11H17N3O5S2/c1-12-11-9(14(15)16)6-10(20-11)21(17,18)13(2)7-8-4-3-5-19-8/h6,8,12H,3-5,7H2,1-2H3. The topological polar surface area (TPSA) is 102 Å². The summed E-state index contributed by atoms with van der Waals surface area (Å²) < 4.78 is 31.5. The van der Waals surface area contributed by atoms with E-state index in [9.17, 15) is 18.5 Å². The third-order valence-corrected chi connectivity index (χ3v) is 6.68. The fourth-order valence-electron chi connectivity index (χ4n) is 2.13. The monoisotopic (exact) mass is 335 g/mol. The van der Waals surface area contributed by atoms with Gasteiger partial charge in [0.15, 0.2) is 5.00 Å². The van der Waals surface area contributed by atoms with Crippen LogP contribution in [0.15, 0.2) is 10.3 Å². The number of hydrogen-bond acceptors (Lipinski definition) is 7. The van der Waals surface area contributed by atoms with Crippen molar-refractivity contribution in [1.29, 1.82) is 0 Å². The van der Waals surface area contributed by atoms with Crippen LogP contribution in [-0.2, 0) is 14.8 Å². The van der Waals surface area contributed by atoms with E-state index in [1.165, 1.54) is 18.4 Å². The number of rotatable bonds is 6. The van der Waals surface area contributed by atoms with E-state index in [-0.39, 0.29) is 27.5 Å². The molecule has 1 aromatic heterocycles. The van der Waals surface area contributed by atoms with Crippen molar-refractivity contribution in [2.45, 2.75) is 23.2 Å². The molecule has 2 heterocycles. The molecule has 1 saturated heterocycles. The second-order valence-corrected chi connectivity index (χ2v) is 8.03. The van der Waals surface area contributed by atoms with E-state index < -0.39 is 14.9 Å². The van der Waals surface area contributed by atoms with Crippen molar-refractivity contribution in [3.05, 3.63) is 16.2 Å². The highest BCUT2D eigenvalue weighted by Crippen LogP contribution is 2.37. The molecule has 2 rings (SSSR count). The summed E-state index contributed by atoms with van der Waals surface area (Å²) in [5, 5.41) is 13.8. The number of anilines is 1. The van der Waals surface area contributed by atoms with E-state index in [1.807, 2.05) is 0 Å². The van der Waals surface area contributed by atoms with E-state index in [2.05, 4.69) is 5.32 Å². The molecule has 10 heteroatoms. The van der Waals surface area contributed by atoms with Gasteiger partial charge in [-0.1, -0.05) is 11.3 Å². The first-order valence-corrected chi connectivity index (χ1v) is 8.66. The first-order chi connectivity index (χ1) is 9.86. The average Bonchev–Trinajstić information content (AvgIpc) is 3.06. The molecule has 0 spiro atoms. The highest BCUT2D eigenvalue weighted by molar-refractivity contribution is 7.91. The molecule has 0 radical (unpaired) electrons. The van der Waals surface area contributed by atoms with Crippen LogP contribution in [0.25, 0.3) is 0 Å². The molecule has 1 aliphatic rings. The van der Waals surface area contributed by atoms with Gasteiger partial charge < -0.3 is 10.1 Å². The van der Waals surface area contributed by atoms with Crippen molar-refractivity contribution in [2.24, 2.45) is 0 Å². The van der Waals surface area contributed by atoms with Crippen molar-refractivity contribution in [2.75, 3.05) is 32.6 Å². The predicted octanol–water partition coefficient (Wildman–Crippen LogP) is 1.50. The zero-order valence-corrected chi connectivity index (χ0v) is 13.4. The number of sulfonamides is 1. The van der Waals surface area contributed by atoms with E-state index in [0.29, 0.717) is 6.61 Å². The van der Waals surface area contributed by atoms with Crippen LogP contribution in [0, 0.1) is 10.1 Å². The number of thiophene rings is 1. The van der Waals surface area contributed by atoms with Gasteiger partial charge in [0.25, 0.3) is 10.0 Å². The number of likely N-dealkylation sites (N-methyl/N-ethyl adjacent to an activating group) is 1. The SMILES string of the molecule is CNc1sc(S(=O)(=O)N(C)CC2CCCO2)cc1[N+](=O)[O-]. The molecule has 118 valence electrons. The molecule has 21 heavy (non-hydrogen) atoms. The number of hydrogen-bond donors (Lipinski definition) is 1. The molecular weight excluding hydrogens is 318 g/mol. The van der Waals surface area contributed by atoms with Crippen LogP contribution in [0.4, 0.5) is 10.7 Å². The van der Waals surface area contributed by atoms with E-state index in [4.69, 9.17) is 4.74 Å². The Hall–Kier alpha value is -1.23. The molecular formula is C11H17N3O5S2. The Morgan fingerprint density at radius 3 is 2.81 bits per heavy atom. The summed E-state index contributed by atoms with van der Waals surface area (Å²) in [6, 6.07) is 1.10. The Bertz CT molecular complexity index is 622. The summed E-state index contributed by atoms with van der Waals surface area (Å²) in [7, 11) is -0.765. The first-order valence-electron chi connectivity index (χ1n) is 6.40. The minimum absolute atomic E-state index is 0.0425. The van der Waals surface area contributed by atoms with Gasteiger partial charge in [-0.05, 0) is 12.8 Å². The Morgan fingerprint density at radius 2 is 2.33 bits per heavy atom. The molecule has 0 aromatic carbocycles. The maximum absolute atomic E-state index is 12.5. The normalized spacial score (nSPS) is 19.1. The summed E-state index contributed by atoms with van der Waals surface area (Å²) >= 11 is 0.858. The van der Waals surface area contributed by atoms with Gasteiger partial charge in [0.1, 0.15) is 4.21 Å². The van der Waals surface area contributed by atoms with Crippen molar-refractivity contribution < 1.29 is 18.1 Å². The summed E-state index contributed by atoms with van der Waals surface area (Å²) in [6.45, 7) is 0.899. The van der Waals surface area contributed by atoms with Crippen LogP contribution in [0.2, 0.25) is 0 Å². The van der Waals surface area contributed by atoms with Gasteiger partial charge in [-0.25, -0.2) is 8.42 Å². The van der Waals surface area contributed by atoms with E-state index >= 15 is 0 Å². The van der Waals surface area contributed by atoms with E-state index in [1.54, 1.807) is 0 Å². The number of nitro groups is 1. The number of nitrogens with one attached hydrogen (secondary N) is 1. The fourth-order valence-corrected chi connectivity index (χ4v) is 4.82. The van der Waals surface area contributed by atoms with E-state index in [0.717, 1.165) is 30.2 Å². The fraction of sp³-hybridized carbons (Fsp3) is 0.636. The molecule has 0 aliphatic carbocycles. The van der Waals surface area contributed by atoms with Gasteiger partial charge in [0.2, 0.25) is 0 Å². The minimum Gasteiger partial charge on any atom is -0.377 e. The largest absolute Gasteiger partial charge is 0.377 e. The van der Waals surface area contributed by atoms with Crippen molar-refractivity contribution in [3.8, 4) is 0 Å². The zero-order chi connectivity index (χ0) is 15.6. The minimum atomic E-state index is -3.74. The second-order valence-electron chi connectivity index (χ2n) is 4.71. The van der Waals surface area contributed by atoms with Gasteiger partial charge in [-0.3, -0.25) is 10.1 Å². The molecule has 1 N–H and O–H groups in total. The molecule has 0 amide bonds. The number of nitrogens with zero attached hydrogens (tertiary/aromatic N) is 2. The van der Waals surface area contributed by atoms with Crippen molar-refractivity contribution in [3.63, 3.8) is 0 Å². The quantitative estimate of drug-likeness (QED) is 0.624. The first kappa shape index (κ1) is 16.1. The van der Waals surface area contributed by atoms with Crippen molar-refractivity contribution in [1.82, 2.24) is 4.31 Å². The lowest BCUT2D eigenvalue weighted by Crippen LogP contribution is -2.33. The molecule has 0 bridgehead atoms. The van der Waals surface area contributed by atoms with Crippen LogP contribution in [0.3, 0.4) is 0 Å². The van der Waals surface area contributed by atoms with Crippen LogP contribution in [0.5, 0.6) is 0 Å². The Morgan fingerprint density at radius 1 is 1.62 bits per heavy atom. The van der Waals surface area contributed by atoms with Gasteiger partial charge in [-0.15, -0.1) is 0 Å². The lowest BCUT2D eigenvalue weighted by molar-refractivity contribution is -0.383. The van der Waals surface area contributed by atoms with Gasteiger partial charge in [-0.2, -0.15) is 4.31 Å². The average molecular weight is 335 g/mol. The highest BCUT2D eigenvalue weighted by Gasteiger charge is 2.30. The maximum atomic E-state index is 12.5. The molecule has 0 saturated carbocycles. The third kappa shape index (κ3) is 3.34. The van der Waals surface area contributed by atoms with Crippen LogP contribution >= 0.6 is 11.3 Å². The second kappa shape index (κ2) is 6.26. The Balaban J connectivity index is 2.23. The Kier molecular flexibility index (Phi) is 4.81. The Labute approximate surface area is 126 Å². The lowest BCUT2D eigenvalue weighted by atomic mass is 10.2. The zero-order valence-electron chi connectivity index (χ0n) is 11.7. The van der Waals surface area contributed by atoms with Crippen LogP contribution in [0.1, 0.15) is 12.8 Å². The summed E-state index contributed by atoms with van der Waals surface area (Å²) in [6.07, 6.45) is 1.64. The smallest absolute Gasteiger partial charge is 0.304 e. The molecule has 8 nitrogen and oxygen atoms in total. The van der Waals surface area contributed by atoms with Gasteiger partial charge in [0, 0.05) is 33.3 Å². The molecule has 1 aromatic rings. The summed E-state index contributed by atoms with van der Waals surface area (Å²) in [5.41, 5.74) is -0.230. The van der Waals surface area contributed by atoms with Crippen molar-refractivity contribution >= 4 is 32.0 Å². The lowest BCUT2D eigenvalue weighted by Gasteiger charge is -2.19. The van der Waals surface area contributed by atoms with Gasteiger partial charge in [0.05, 0.1) is 11.0 Å². The third-order valence-electron chi connectivity index (χ3n) is 3.26. The molecule has 1 unspecified atom stereocenters. The summed E-state index contributed by atoms with van der Waals surface area (Å²) in [4.78, 5) is 10.3. The number of ether oxygens (including phenoxy) is 1.